The van der Waals surface area contributed by atoms with E-state index in [1.54, 1.807) is 0 Å². The maximum absolute atomic E-state index is 13.2. The molecule has 2 aromatic carbocycles. The molecule has 0 aliphatic carbocycles. The van der Waals surface area contributed by atoms with Crippen molar-refractivity contribution in [2.45, 2.75) is 0 Å². The molecule has 132 valence electrons. The van der Waals surface area contributed by atoms with Gasteiger partial charge in [0, 0.05) is 31.0 Å². The van der Waals surface area contributed by atoms with Crippen LogP contribution in [0.3, 0.4) is 0 Å². The lowest BCUT2D eigenvalue weighted by atomic mass is 10.1. The Kier molecular flexibility index (Phi) is 6.44. The normalized spacial score (nSPS) is 10.4. The van der Waals surface area contributed by atoms with E-state index in [-0.39, 0.29) is 27.7 Å². The van der Waals surface area contributed by atoms with Crippen molar-refractivity contribution in [1.82, 2.24) is 5.32 Å². The van der Waals surface area contributed by atoms with Gasteiger partial charge >= 0.3 is 0 Å². The summed E-state index contributed by atoms with van der Waals surface area (Å²) >= 11 is 6.05. The van der Waals surface area contributed by atoms with E-state index in [4.69, 9.17) is 16.3 Å². The maximum Gasteiger partial charge on any atom is 0.255 e. The van der Waals surface area contributed by atoms with Crippen molar-refractivity contribution in [2.24, 2.45) is 0 Å². The molecule has 0 aliphatic heterocycles. The molecule has 0 saturated carbocycles. The fraction of sp³-hybridized carbons (Fsp3) is 0.176. The molecule has 0 unspecified atom stereocenters. The number of hydrogen-bond acceptors (Lipinski definition) is 3. The molecule has 0 spiro atoms. The highest BCUT2D eigenvalue weighted by Gasteiger charge is 2.13. The molecule has 2 rings (SSSR count). The highest BCUT2D eigenvalue weighted by Crippen LogP contribution is 2.22. The number of methoxy groups -OCH3 is 1. The highest BCUT2D eigenvalue weighted by atomic mass is 35.5. The quantitative estimate of drug-likeness (QED) is 0.769. The predicted molar refractivity (Wildman–Crippen MR) is 90.0 cm³/mol. The second-order valence-corrected chi connectivity index (χ2v) is 5.46. The van der Waals surface area contributed by atoms with Crippen LogP contribution in [0.1, 0.15) is 20.7 Å². The van der Waals surface area contributed by atoms with Crippen LogP contribution in [0, 0.1) is 11.6 Å². The number of carbonyl (C=O) groups is 2. The topological polar surface area (TPSA) is 67.4 Å². The van der Waals surface area contributed by atoms with Crippen molar-refractivity contribution in [3.8, 4) is 0 Å². The maximum atomic E-state index is 13.2. The largest absolute Gasteiger partial charge is 0.383 e. The van der Waals surface area contributed by atoms with E-state index in [9.17, 15) is 18.4 Å². The molecular weight excluding hydrogens is 354 g/mol. The standard InChI is InChI=1S/C17H15ClF2N2O3/c1-25-5-4-21-17(24)14-3-2-13(9-15(14)18)22-16(23)10-6-11(19)8-12(20)7-10/h2-3,6-9H,4-5H2,1H3,(H,21,24)(H,22,23). The predicted octanol–water partition coefficient (Wildman–Crippen LogP) is 3.25. The van der Waals surface area contributed by atoms with Gasteiger partial charge in [-0.2, -0.15) is 0 Å². The Bertz CT molecular complexity index is 779. The number of nitrogens with one attached hydrogen (secondary N) is 2. The van der Waals surface area contributed by atoms with Gasteiger partial charge in [-0.1, -0.05) is 11.6 Å². The van der Waals surface area contributed by atoms with E-state index in [0.717, 1.165) is 12.1 Å². The Morgan fingerprint density at radius 1 is 1.08 bits per heavy atom. The summed E-state index contributed by atoms with van der Waals surface area (Å²) in [6.07, 6.45) is 0. The van der Waals surface area contributed by atoms with Gasteiger partial charge < -0.3 is 15.4 Å². The summed E-state index contributed by atoms with van der Waals surface area (Å²) in [5.74, 6) is -2.79. The number of hydrogen-bond donors (Lipinski definition) is 2. The zero-order valence-electron chi connectivity index (χ0n) is 13.2. The summed E-state index contributed by atoms with van der Waals surface area (Å²) in [7, 11) is 1.51. The zero-order chi connectivity index (χ0) is 18.4. The van der Waals surface area contributed by atoms with Crippen LogP contribution < -0.4 is 10.6 Å². The average Bonchev–Trinajstić information content (AvgIpc) is 2.54. The molecular formula is C17H15ClF2N2O3. The molecule has 0 fully saturated rings. The molecule has 5 nitrogen and oxygen atoms in total. The minimum atomic E-state index is -0.855. The molecule has 2 amide bonds. The zero-order valence-corrected chi connectivity index (χ0v) is 14.0. The first-order chi connectivity index (χ1) is 11.9. The minimum Gasteiger partial charge on any atom is -0.383 e. The number of halogens is 3. The summed E-state index contributed by atoms with van der Waals surface area (Å²) in [5, 5.41) is 5.21. The fourth-order valence-corrected chi connectivity index (χ4v) is 2.29. The summed E-state index contributed by atoms with van der Waals surface area (Å²) in [4.78, 5) is 24.0. The molecule has 0 radical (unpaired) electrons. The van der Waals surface area contributed by atoms with Gasteiger partial charge in [-0.3, -0.25) is 9.59 Å². The molecule has 0 bridgehead atoms. The third-order valence-corrected chi connectivity index (χ3v) is 3.50. The molecule has 8 heteroatoms. The number of amides is 2. The lowest BCUT2D eigenvalue weighted by molar-refractivity contribution is 0.0937. The Labute approximate surface area is 147 Å². The first-order valence-corrected chi connectivity index (χ1v) is 7.62. The Hall–Kier alpha value is -2.51. The first-order valence-electron chi connectivity index (χ1n) is 7.25. The summed E-state index contributed by atoms with van der Waals surface area (Å²) in [5.41, 5.74) is 0.343. The van der Waals surface area contributed by atoms with Gasteiger partial charge in [-0.05, 0) is 30.3 Å². The van der Waals surface area contributed by atoms with Crippen LogP contribution >= 0.6 is 11.6 Å². The van der Waals surface area contributed by atoms with E-state index >= 15 is 0 Å². The third kappa shape index (κ3) is 5.23. The minimum absolute atomic E-state index is 0.123. The van der Waals surface area contributed by atoms with Crippen molar-refractivity contribution in [2.75, 3.05) is 25.6 Å². The summed E-state index contributed by atoms with van der Waals surface area (Å²) in [6, 6.07) is 6.77. The van der Waals surface area contributed by atoms with Gasteiger partial charge in [0.2, 0.25) is 0 Å². The molecule has 0 heterocycles. The van der Waals surface area contributed by atoms with Crippen molar-refractivity contribution < 1.29 is 23.1 Å². The monoisotopic (exact) mass is 368 g/mol. The van der Waals surface area contributed by atoms with Crippen LogP contribution in [0.4, 0.5) is 14.5 Å². The lowest BCUT2D eigenvalue weighted by Gasteiger charge is -2.09. The third-order valence-electron chi connectivity index (χ3n) is 3.19. The van der Waals surface area contributed by atoms with Crippen molar-refractivity contribution in [3.63, 3.8) is 0 Å². The molecule has 0 aromatic heterocycles. The molecule has 25 heavy (non-hydrogen) atoms. The highest BCUT2D eigenvalue weighted by molar-refractivity contribution is 6.34. The van der Waals surface area contributed by atoms with Gasteiger partial charge in [0.1, 0.15) is 11.6 Å². The molecule has 0 aliphatic rings. The van der Waals surface area contributed by atoms with Gasteiger partial charge in [0.25, 0.3) is 11.8 Å². The Morgan fingerprint density at radius 3 is 2.36 bits per heavy atom. The van der Waals surface area contributed by atoms with E-state index < -0.39 is 17.5 Å². The van der Waals surface area contributed by atoms with E-state index in [1.165, 1.54) is 25.3 Å². The van der Waals surface area contributed by atoms with E-state index in [2.05, 4.69) is 10.6 Å². The Balaban J connectivity index is 2.09. The van der Waals surface area contributed by atoms with Crippen molar-refractivity contribution in [3.05, 3.63) is 64.2 Å². The molecule has 2 aromatic rings. The SMILES string of the molecule is COCCNC(=O)c1ccc(NC(=O)c2cc(F)cc(F)c2)cc1Cl. The van der Waals surface area contributed by atoms with Gasteiger partial charge in [0.15, 0.2) is 0 Å². The van der Waals surface area contributed by atoms with Crippen molar-refractivity contribution >= 4 is 29.1 Å². The first kappa shape index (κ1) is 18.8. The van der Waals surface area contributed by atoms with Crippen molar-refractivity contribution in [1.29, 1.82) is 0 Å². The second-order valence-electron chi connectivity index (χ2n) is 5.06. The number of rotatable bonds is 6. The van der Waals surface area contributed by atoms with E-state index in [0.29, 0.717) is 19.2 Å². The summed E-state index contributed by atoms with van der Waals surface area (Å²) in [6.45, 7) is 0.691. The van der Waals surface area contributed by atoms with Gasteiger partial charge in [-0.15, -0.1) is 0 Å². The fourth-order valence-electron chi connectivity index (χ4n) is 2.03. The molecule has 0 saturated heterocycles. The van der Waals surface area contributed by atoms with Crippen LogP contribution in [0.15, 0.2) is 36.4 Å². The molecule has 2 N–H and O–H groups in total. The molecule has 0 atom stereocenters. The number of benzene rings is 2. The van der Waals surface area contributed by atoms with E-state index in [1.807, 2.05) is 0 Å². The van der Waals surface area contributed by atoms with Crippen LogP contribution in [-0.4, -0.2) is 32.1 Å². The number of carbonyl (C=O) groups excluding carboxylic acids is 2. The van der Waals surface area contributed by atoms with Crippen LogP contribution in [-0.2, 0) is 4.74 Å². The van der Waals surface area contributed by atoms with Gasteiger partial charge in [-0.25, -0.2) is 8.78 Å². The Morgan fingerprint density at radius 2 is 1.76 bits per heavy atom. The smallest absolute Gasteiger partial charge is 0.255 e. The van der Waals surface area contributed by atoms with Gasteiger partial charge in [0.05, 0.1) is 17.2 Å². The summed E-state index contributed by atoms with van der Waals surface area (Å²) < 4.78 is 31.2. The average molecular weight is 369 g/mol. The van der Waals surface area contributed by atoms with Crippen LogP contribution in [0.5, 0.6) is 0 Å². The van der Waals surface area contributed by atoms with Crippen LogP contribution in [0.25, 0.3) is 0 Å². The number of anilines is 1. The van der Waals surface area contributed by atoms with Crippen LogP contribution in [0.2, 0.25) is 5.02 Å². The lowest BCUT2D eigenvalue weighted by Crippen LogP contribution is -2.27. The second kappa shape index (κ2) is 8.55. The number of ether oxygens (including phenoxy) is 1.